The maximum Gasteiger partial charge on any atom is 0.303 e. The molecule has 0 aliphatic carbocycles. The van der Waals surface area contributed by atoms with Crippen LogP contribution in [0.1, 0.15) is 46.0 Å². The number of likely N-dealkylation sites (tertiary alicyclic amines) is 1. The van der Waals surface area contributed by atoms with E-state index in [1.54, 1.807) is 0 Å². The Bertz CT molecular complexity index is 212. The highest BCUT2D eigenvalue weighted by Gasteiger charge is 2.22. The van der Waals surface area contributed by atoms with Crippen LogP contribution in [0.3, 0.4) is 0 Å². The van der Waals surface area contributed by atoms with Crippen LogP contribution in [0.4, 0.5) is 0 Å². The Hall–Kier alpha value is -0.570. The molecule has 3 heteroatoms. The molecule has 1 N–H and O–H groups in total. The van der Waals surface area contributed by atoms with Crippen molar-refractivity contribution in [2.45, 2.75) is 46.0 Å². The lowest BCUT2D eigenvalue weighted by Gasteiger charge is -2.38. The second kappa shape index (κ2) is 6.89. The van der Waals surface area contributed by atoms with Crippen molar-refractivity contribution in [2.75, 3.05) is 19.6 Å². The Morgan fingerprint density at radius 1 is 1.38 bits per heavy atom. The van der Waals surface area contributed by atoms with Crippen molar-refractivity contribution in [1.29, 1.82) is 0 Å². The monoisotopic (exact) mass is 227 g/mol. The summed E-state index contributed by atoms with van der Waals surface area (Å²) in [6, 6.07) is 0. The van der Waals surface area contributed by atoms with Crippen molar-refractivity contribution >= 4 is 5.97 Å². The summed E-state index contributed by atoms with van der Waals surface area (Å²) >= 11 is 0. The van der Waals surface area contributed by atoms with Crippen molar-refractivity contribution in [3.8, 4) is 0 Å². The van der Waals surface area contributed by atoms with Crippen molar-refractivity contribution in [1.82, 2.24) is 4.90 Å². The van der Waals surface area contributed by atoms with Gasteiger partial charge in [-0.1, -0.05) is 26.7 Å². The van der Waals surface area contributed by atoms with Gasteiger partial charge in [-0.15, -0.1) is 0 Å². The molecule has 94 valence electrons. The molecule has 0 bridgehead atoms. The van der Waals surface area contributed by atoms with Gasteiger partial charge in [0.2, 0.25) is 0 Å². The molecule has 0 saturated carbocycles. The highest BCUT2D eigenvalue weighted by atomic mass is 16.4. The second-order valence-corrected chi connectivity index (χ2v) is 5.24. The fourth-order valence-electron chi connectivity index (χ4n) is 2.54. The molecule has 1 unspecified atom stereocenters. The summed E-state index contributed by atoms with van der Waals surface area (Å²) in [4.78, 5) is 13.0. The number of rotatable bonds is 8. The van der Waals surface area contributed by atoms with Crippen LogP contribution < -0.4 is 0 Å². The van der Waals surface area contributed by atoms with Crippen LogP contribution >= 0.6 is 0 Å². The zero-order chi connectivity index (χ0) is 12.0. The summed E-state index contributed by atoms with van der Waals surface area (Å²) in [5.74, 6) is 0.819. The van der Waals surface area contributed by atoms with E-state index >= 15 is 0 Å². The Labute approximate surface area is 98.8 Å². The zero-order valence-corrected chi connectivity index (χ0v) is 10.6. The molecule has 3 nitrogen and oxygen atoms in total. The van der Waals surface area contributed by atoms with Gasteiger partial charge in [0.1, 0.15) is 0 Å². The Balaban J connectivity index is 2.14. The van der Waals surface area contributed by atoms with Crippen LogP contribution in [0.5, 0.6) is 0 Å². The predicted octanol–water partition coefficient (Wildman–Crippen LogP) is 2.61. The molecule has 1 aliphatic heterocycles. The summed E-state index contributed by atoms with van der Waals surface area (Å²) in [7, 11) is 0. The van der Waals surface area contributed by atoms with Gasteiger partial charge >= 0.3 is 5.97 Å². The van der Waals surface area contributed by atoms with E-state index in [2.05, 4.69) is 18.7 Å². The topological polar surface area (TPSA) is 40.5 Å². The van der Waals surface area contributed by atoms with Crippen LogP contribution in [0.15, 0.2) is 0 Å². The first kappa shape index (κ1) is 13.5. The van der Waals surface area contributed by atoms with E-state index in [9.17, 15) is 4.79 Å². The van der Waals surface area contributed by atoms with Crippen LogP contribution in [0.2, 0.25) is 0 Å². The minimum atomic E-state index is -0.654. The van der Waals surface area contributed by atoms with Gasteiger partial charge in [0.25, 0.3) is 0 Å². The van der Waals surface area contributed by atoms with E-state index < -0.39 is 5.97 Å². The summed E-state index contributed by atoms with van der Waals surface area (Å²) in [5, 5.41) is 8.69. The standard InChI is InChI=1S/C13H25NO2/c1-3-4-12(5-6-13(15)16)7-8-14-9-11(2)10-14/h11-12H,3-10H2,1-2H3,(H,15,16). The van der Waals surface area contributed by atoms with Crippen LogP contribution in [0, 0.1) is 11.8 Å². The average Bonchev–Trinajstić information content (AvgIpc) is 2.18. The molecule has 16 heavy (non-hydrogen) atoms. The molecule has 0 radical (unpaired) electrons. The van der Waals surface area contributed by atoms with Gasteiger partial charge in [0, 0.05) is 19.5 Å². The molecule has 0 aromatic heterocycles. The third kappa shape index (κ3) is 4.97. The van der Waals surface area contributed by atoms with Crippen molar-refractivity contribution in [3.05, 3.63) is 0 Å². The largest absolute Gasteiger partial charge is 0.481 e. The SMILES string of the molecule is CCCC(CCC(=O)O)CCN1CC(C)C1. The normalized spacial score (nSPS) is 19.4. The lowest BCUT2D eigenvalue weighted by atomic mass is 9.93. The molecule has 0 spiro atoms. The van der Waals surface area contributed by atoms with Crippen LogP contribution in [-0.4, -0.2) is 35.6 Å². The molecule has 1 aliphatic rings. The number of aliphatic carboxylic acids is 1. The third-order valence-electron chi connectivity index (χ3n) is 3.46. The summed E-state index contributed by atoms with van der Waals surface area (Å²) < 4.78 is 0. The number of hydrogen-bond donors (Lipinski definition) is 1. The van der Waals surface area contributed by atoms with Gasteiger partial charge in [0.15, 0.2) is 0 Å². The molecule has 1 saturated heterocycles. The molecular formula is C13H25NO2. The third-order valence-corrected chi connectivity index (χ3v) is 3.46. The van der Waals surface area contributed by atoms with Gasteiger partial charge in [-0.05, 0) is 31.2 Å². The van der Waals surface area contributed by atoms with E-state index in [0.717, 1.165) is 18.9 Å². The second-order valence-electron chi connectivity index (χ2n) is 5.24. The lowest BCUT2D eigenvalue weighted by molar-refractivity contribution is -0.137. The van der Waals surface area contributed by atoms with Gasteiger partial charge in [-0.3, -0.25) is 4.79 Å². The van der Waals surface area contributed by atoms with Gasteiger partial charge in [-0.2, -0.15) is 0 Å². The van der Waals surface area contributed by atoms with E-state index in [1.807, 2.05) is 0 Å². The van der Waals surface area contributed by atoms with Gasteiger partial charge in [-0.25, -0.2) is 0 Å². The number of carboxylic acid groups (broad SMARTS) is 1. The molecule has 1 fully saturated rings. The number of carbonyl (C=O) groups is 1. The Kier molecular flexibility index (Phi) is 5.81. The first-order chi connectivity index (χ1) is 7.61. The maximum absolute atomic E-state index is 10.5. The fourth-order valence-corrected chi connectivity index (χ4v) is 2.54. The smallest absolute Gasteiger partial charge is 0.303 e. The molecule has 1 heterocycles. The highest BCUT2D eigenvalue weighted by Crippen LogP contribution is 2.21. The zero-order valence-electron chi connectivity index (χ0n) is 10.6. The summed E-state index contributed by atoms with van der Waals surface area (Å²) in [6.07, 6.45) is 4.71. The van der Waals surface area contributed by atoms with E-state index in [4.69, 9.17) is 5.11 Å². The van der Waals surface area contributed by atoms with Gasteiger partial charge in [0.05, 0.1) is 0 Å². The summed E-state index contributed by atoms with van der Waals surface area (Å²) in [5.41, 5.74) is 0. The van der Waals surface area contributed by atoms with Gasteiger partial charge < -0.3 is 10.0 Å². The Morgan fingerprint density at radius 2 is 2.06 bits per heavy atom. The van der Waals surface area contributed by atoms with E-state index in [1.165, 1.54) is 32.4 Å². The quantitative estimate of drug-likeness (QED) is 0.693. The molecule has 0 aromatic rings. The van der Waals surface area contributed by atoms with Crippen molar-refractivity contribution < 1.29 is 9.90 Å². The molecular weight excluding hydrogens is 202 g/mol. The molecule has 0 amide bonds. The lowest BCUT2D eigenvalue weighted by Crippen LogP contribution is -2.45. The number of nitrogens with zero attached hydrogens (tertiary/aromatic N) is 1. The number of hydrogen-bond acceptors (Lipinski definition) is 2. The Morgan fingerprint density at radius 3 is 2.56 bits per heavy atom. The van der Waals surface area contributed by atoms with Crippen molar-refractivity contribution in [3.63, 3.8) is 0 Å². The maximum atomic E-state index is 10.5. The predicted molar refractivity (Wildman–Crippen MR) is 65.5 cm³/mol. The summed E-state index contributed by atoms with van der Waals surface area (Å²) in [6.45, 7) is 8.09. The minimum Gasteiger partial charge on any atom is -0.481 e. The average molecular weight is 227 g/mol. The van der Waals surface area contributed by atoms with E-state index in [-0.39, 0.29) is 0 Å². The molecule has 0 aromatic carbocycles. The fraction of sp³-hybridized carbons (Fsp3) is 0.923. The minimum absolute atomic E-state index is 0.334. The first-order valence-corrected chi connectivity index (χ1v) is 6.56. The number of carboxylic acids is 1. The van der Waals surface area contributed by atoms with Crippen LogP contribution in [0.25, 0.3) is 0 Å². The van der Waals surface area contributed by atoms with E-state index in [0.29, 0.717) is 12.3 Å². The van der Waals surface area contributed by atoms with Crippen LogP contribution in [-0.2, 0) is 4.79 Å². The first-order valence-electron chi connectivity index (χ1n) is 6.56. The molecule has 1 atom stereocenters. The van der Waals surface area contributed by atoms with Crippen molar-refractivity contribution in [2.24, 2.45) is 11.8 Å². The molecule has 1 rings (SSSR count). The highest BCUT2D eigenvalue weighted by molar-refractivity contribution is 5.66.